The number of anilines is 1. The van der Waals surface area contributed by atoms with Gasteiger partial charge >= 0.3 is 0 Å². The molecule has 1 aromatic carbocycles. The molecule has 3 N–H and O–H groups in total. The number of carbonyl (C=O) groups is 1. The topological polar surface area (TPSA) is 105 Å². The van der Waals surface area contributed by atoms with E-state index in [1.807, 2.05) is 6.07 Å². The predicted octanol–water partition coefficient (Wildman–Crippen LogP) is 3.05. The quantitative estimate of drug-likeness (QED) is 0.687. The maximum atomic E-state index is 14.4. The molecule has 0 spiro atoms. The van der Waals surface area contributed by atoms with E-state index in [4.69, 9.17) is 10.3 Å². The van der Waals surface area contributed by atoms with Crippen LogP contribution in [0.5, 0.6) is 0 Å². The van der Waals surface area contributed by atoms with Crippen LogP contribution < -0.4 is 5.73 Å². The van der Waals surface area contributed by atoms with Crippen molar-refractivity contribution in [2.75, 3.05) is 19.3 Å². The Hall–Kier alpha value is -3.26. The SMILES string of the molecule is CN1CC[C@@](O)(c2cc(-c3cc(F)cc(-c4cc(C5CC5)c(N)cn4)c3)no2)C1=O. The Morgan fingerprint density at radius 3 is 2.60 bits per heavy atom. The van der Waals surface area contributed by atoms with E-state index in [-0.39, 0.29) is 12.2 Å². The fourth-order valence-electron chi connectivity index (χ4n) is 3.96. The van der Waals surface area contributed by atoms with Crippen molar-refractivity contribution in [1.82, 2.24) is 15.0 Å². The lowest BCUT2D eigenvalue weighted by atomic mass is 9.97. The molecule has 3 heterocycles. The van der Waals surface area contributed by atoms with Crippen LogP contribution in [-0.4, -0.2) is 39.6 Å². The van der Waals surface area contributed by atoms with Crippen LogP contribution >= 0.6 is 0 Å². The van der Waals surface area contributed by atoms with E-state index < -0.39 is 17.3 Å². The summed E-state index contributed by atoms with van der Waals surface area (Å²) in [7, 11) is 1.62. The van der Waals surface area contributed by atoms with Crippen molar-refractivity contribution < 1.29 is 18.8 Å². The molecule has 8 heteroatoms. The molecule has 30 heavy (non-hydrogen) atoms. The minimum atomic E-state index is -1.74. The first-order valence-corrected chi connectivity index (χ1v) is 9.87. The van der Waals surface area contributed by atoms with Gasteiger partial charge in [-0.25, -0.2) is 4.39 Å². The molecule has 1 aliphatic carbocycles. The number of halogens is 1. The van der Waals surface area contributed by atoms with E-state index in [9.17, 15) is 14.3 Å². The summed E-state index contributed by atoms with van der Waals surface area (Å²) in [6, 6.07) is 7.89. The fourth-order valence-corrected chi connectivity index (χ4v) is 3.96. The van der Waals surface area contributed by atoms with Crippen LogP contribution in [0.1, 0.15) is 36.5 Å². The van der Waals surface area contributed by atoms with Crippen molar-refractivity contribution in [2.45, 2.75) is 30.8 Å². The van der Waals surface area contributed by atoms with Gasteiger partial charge < -0.3 is 20.3 Å². The Morgan fingerprint density at radius 2 is 1.93 bits per heavy atom. The standard InChI is InChI=1S/C22H21FN4O3/c1-27-5-4-22(29,21(27)28)20-10-19(26-30-20)14-6-13(7-15(23)8-14)18-9-16(12-2-3-12)17(24)11-25-18/h6-12,29H,2-5,24H2,1H3/t22-/m1/s1. The van der Waals surface area contributed by atoms with Crippen molar-refractivity contribution in [2.24, 2.45) is 0 Å². The number of aromatic nitrogens is 2. The first kappa shape index (κ1) is 18.7. The number of aliphatic hydroxyl groups is 1. The third kappa shape index (κ3) is 3.04. The molecule has 1 saturated heterocycles. The molecule has 0 radical (unpaired) electrons. The number of likely N-dealkylation sites (tertiary alicyclic amines) is 1. The third-order valence-electron chi connectivity index (χ3n) is 5.90. The van der Waals surface area contributed by atoms with Gasteiger partial charge in [0.05, 0.1) is 17.6 Å². The summed E-state index contributed by atoms with van der Waals surface area (Å²) >= 11 is 0. The highest BCUT2D eigenvalue weighted by atomic mass is 19.1. The Bertz CT molecular complexity index is 1160. The zero-order valence-electron chi connectivity index (χ0n) is 16.4. The van der Waals surface area contributed by atoms with Gasteiger partial charge in [-0.15, -0.1) is 0 Å². The Kier molecular flexibility index (Phi) is 4.14. The van der Waals surface area contributed by atoms with Crippen LogP contribution in [0.2, 0.25) is 0 Å². The second kappa shape index (κ2) is 6.63. The van der Waals surface area contributed by atoms with E-state index in [2.05, 4.69) is 10.1 Å². The highest BCUT2D eigenvalue weighted by molar-refractivity contribution is 5.87. The van der Waals surface area contributed by atoms with E-state index >= 15 is 0 Å². The summed E-state index contributed by atoms with van der Waals surface area (Å²) < 4.78 is 19.7. The van der Waals surface area contributed by atoms with Crippen molar-refractivity contribution in [3.8, 4) is 22.5 Å². The molecular weight excluding hydrogens is 387 g/mol. The second-order valence-corrected chi connectivity index (χ2v) is 8.11. The minimum absolute atomic E-state index is 0.0549. The molecule has 154 valence electrons. The van der Waals surface area contributed by atoms with Gasteiger partial charge in [0.15, 0.2) is 5.76 Å². The van der Waals surface area contributed by atoms with Crippen molar-refractivity contribution in [3.63, 3.8) is 0 Å². The molecule has 2 fully saturated rings. The summed E-state index contributed by atoms with van der Waals surface area (Å²) in [5, 5.41) is 14.7. The minimum Gasteiger partial charge on any atom is -0.397 e. The van der Waals surface area contributed by atoms with Gasteiger partial charge in [0.1, 0.15) is 11.5 Å². The molecule has 2 aliphatic rings. The number of nitrogen functional groups attached to an aromatic ring is 1. The molecule has 3 aromatic rings. The Balaban J connectivity index is 1.51. The molecule has 1 aliphatic heterocycles. The third-order valence-corrected chi connectivity index (χ3v) is 5.90. The summed E-state index contributed by atoms with van der Waals surface area (Å²) in [4.78, 5) is 18.1. The summed E-state index contributed by atoms with van der Waals surface area (Å²) in [6.45, 7) is 0.418. The number of benzene rings is 1. The smallest absolute Gasteiger partial charge is 0.262 e. The first-order chi connectivity index (χ1) is 14.3. The molecule has 5 rings (SSSR count). The van der Waals surface area contributed by atoms with Gasteiger partial charge in [0.25, 0.3) is 5.91 Å². The van der Waals surface area contributed by atoms with Gasteiger partial charge in [-0.3, -0.25) is 9.78 Å². The molecule has 0 bridgehead atoms. The van der Waals surface area contributed by atoms with Crippen LogP contribution in [0.3, 0.4) is 0 Å². The average Bonchev–Trinajstić information content (AvgIpc) is 3.38. The number of nitrogens with zero attached hydrogens (tertiary/aromatic N) is 3. The normalized spacial score (nSPS) is 21.4. The van der Waals surface area contributed by atoms with Crippen molar-refractivity contribution in [1.29, 1.82) is 0 Å². The number of carbonyl (C=O) groups excluding carboxylic acids is 1. The van der Waals surface area contributed by atoms with E-state index in [1.165, 1.54) is 23.1 Å². The average molecular weight is 408 g/mol. The molecule has 1 saturated carbocycles. The molecule has 1 atom stereocenters. The van der Waals surface area contributed by atoms with E-state index in [0.717, 1.165) is 18.4 Å². The van der Waals surface area contributed by atoms with Crippen LogP contribution in [0.25, 0.3) is 22.5 Å². The number of pyridine rings is 1. The second-order valence-electron chi connectivity index (χ2n) is 8.11. The zero-order valence-corrected chi connectivity index (χ0v) is 16.4. The van der Waals surface area contributed by atoms with E-state index in [0.29, 0.717) is 40.7 Å². The van der Waals surface area contributed by atoms with Gasteiger partial charge in [-0.05, 0) is 48.6 Å². The summed E-state index contributed by atoms with van der Waals surface area (Å²) in [5.74, 6) is -0.391. The summed E-state index contributed by atoms with van der Waals surface area (Å²) in [5.41, 5.74) is 8.01. The maximum absolute atomic E-state index is 14.4. The van der Waals surface area contributed by atoms with Gasteiger partial charge in [-0.2, -0.15) is 0 Å². The van der Waals surface area contributed by atoms with Crippen LogP contribution in [0, 0.1) is 5.82 Å². The van der Waals surface area contributed by atoms with Crippen molar-refractivity contribution >= 4 is 11.6 Å². The first-order valence-electron chi connectivity index (χ1n) is 9.87. The zero-order chi connectivity index (χ0) is 21.0. The van der Waals surface area contributed by atoms with Crippen LogP contribution in [-0.2, 0) is 10.4 Å². The molecule has 7 nitrogen and oxygen atoms in total. The highest BCUT2D eigenvalue weighted by Gasteiger charge is 2.48. The van der Waals surface area contributed by atoms with Crippen LogP contribution in [0.15, 0.2) is 41.1 Å². The Morgan fingerprint density at radius 1 is 1.20 bits per heavy atom. The number of likely N-dealkylation sites (N-methyl/N-ethyl adjacent to an activating group) is 1. The van der Waals surface area contributed by atoms with Gasteiger partial charge in [0.2, 0.25) is 5.60 Å². The molecule has 2 aromatic heterocycles. The largest absolute Gasteiger partial charge is 0.397 e. The predicted molar refractivity (Wildman–Crippen MR) is 108 cm³/mol. The summed E-state index contributed by atoms with van der Waals surface area (Å²) in [6.07, 6.45) is 4.02. The molecular formula is C22H21FN4O3. The van der Waals surface area contributed by atoms with E-state index in [1.54, 1.807) is 19.3 Å². The number of hydrogen-bond donors (Lipinski definition) is 2. The van der Waals surface area contributed by atoms with Gasteiger partial charge in [-0.1, -0.05) is 5.16 Å². The monoisotopic (exact) mass is 408 g/mol. The molecule has 1 amide bonds. The lowest BCUT2D eigenvalue weighted by molar-refractivity contribution is -0.144. The maximum Gasteiger partial charge on any atom is 0.262 e. The number of nitrogens with two attached hydrogens (primary N) is 1. The molecule has 0 unspecified atom stereocenters. The lowest BCUT2D eigenvalue weighted by Gasteiger charge is -2.16. The highest BCUT2D eigenvalue weighted by Crippen LogP contribution is 2.43. The number of hydrogen-bond acceptors (Lipinski definition) is 6. The number of rotatable bonds is 4. The van der Waals surface area contributed by atoms with Gasteiger partial charge in [0, 0.05) is 37.2 Å². The number of amides is 1. The van der Waals surface area contributed by atoms with Crippen LogP contribution in [0.4, 0.5) is 10.1 Å². The Labute approximate surface area is 172 Å². The van der Waals surface area contributed by atoms with Crippen molar-refractivity contribution in [3.05, 3.63) is 53.7 Å². The fraction of sp³-hybridized carbons (Fsp3) is 0.318. The lowest BCUT2D eigenvalue weighted by Crippen LogP contribution is -2.35.